The van der Waals surface area contributed by atoms with Crippen LogP contribution >= 0.6 is 11.6 Å². The third-order valence-electron chi connectivity index (χ3n) is 4.67. The Morgan fingerprint density at radius 2 is 1.97 bits per heavy atom. The van der Waals surface area contributed by atoms with Crippen LogP contribution in [0.4, 0.5) is 4.79 Å². The lowest BCUT2D eigenvalue weighted by molar-refractivity contribution is 0.178. The molecule has 1 amide bonds. The lowest BCUT2D eigenvalue weighted by Crippen LogP contribution is -2.27. The molecule has 6 heteroatoms. The Morgan fingerprint density at radius 1 is 1.14 bits per heavy atom. The normalized spacial score (nSPS) is 13.2. The number of benzene rings is 2. The number of rotatable bonds is 4. The average Bonchev–Trinajstić information content (AvgIpc) is 2.74. The molecule has 2 aromatic carbocycles. The molecule has 0 fully saturated rings. The van der Waals surface area contributed by atoms with E-state index in [4.69, 9.17) is 16.3 Å². The molecule has 0 saturated carbocycles. The van der Waals surface area contributed by atoms with Crippen LogP contribution in [0.15, 0.2) is 83.5 Å². The third-order valence-corrected chi connectivity index (χ3v) is 4.90. The monoisotopic (exact) mass is 406 g/mol. The standard InChI is InChI=1S/C23H19ClN2O3/c24-17-11-12-20-21(13-17)26(18-7-3-1-4-8-18)15-16(22(20)27)14-25-23(28)29-19-9-5-2-6-10-19/h1,3-5,7-13,15H,2,6,14H2,(H,25,28). The molecular formula is C23H19ClN2O3. The number of ether oxygens (including phenoxy) is 1. The van der Waals surface area contributed by atoms with E-state index < -0.39 is 6.09 Å². The van der Waals surface area contributed by atoms with Crippen LogP contribution in [0.3, 0.4) is 0 Å². The van der Waals surface area contributed by atoms with Crippen LogP contribution in [0.2, 0.25) is 5.02 Å². The molecule has 0 spiro atoms. The number of para-hydroxylation sites is 1. The number of hydrogen-bond donors (Lipinski definition) is 1. The van der Waals surface area contributed by atoms with Crippen LogP contribution in [0, 0.1) is 0 Å². The molecular weight excluding hydrogens is 388 g/mol. The summed E-state index contributed by atoms with van der Waals surface area (Å²) in [4.78, 5) is 25.1. The second-order valence-corrected chi connectivity index (χ2v) is 7.12. The number of pyridine rings is 1. The average molecular weight is 407 g/mol. The highest BCUT2D eigenvalue weighted by atomic mass is 35.5. The van der Waals surface area contributed by atoms with Crippen molar-refractivity contribution in [3.63, 3.8) is 0 Å². The van der Waals surface area contributed by atoms with E-state index in [-0.39, 0.29) is 12.0 Å². The lowest BCUT2D eigenvalue weighted by atomic mass is 10.1. The van der Waals surface area contributed by atoms with E-state index in [1.54, 1.807) is 30.5 Å². The predicted molar refractivity (Wildman–Crippen MR) is 114 cm³/mol. The SMILES string of the molecule is O=C(NCc1cn(-c2ccccc2)c2cc(Cl)ccc2c1=O)OC1=CCCC=C1. The molecule has 1 N–H and O–H groups in total. The fourth-order valence-corrected chi connectivity index (χ4v) is 3.42. The fraction of sp³-hybridized carbons (Fsp3) is 0.130. The molecule has 146 valence electrons. The summed E-state index contributed by atoms with van der Waals surface area (Å²) in [5.41, 5.74) is 1.90. The zero-order chi connectivity index (χ0) is 20.2. The van der Waals surface area contributed by atoms with Crippen LogP contribution in [-0.4, -0.2) is 10.7 Å². The maximum atomic E-state index is 13.0. The van der Waals surface area contributed by atoms with Gasteiger partial charge in [0.2, 0.25) is 0 Å². The van der Waals surface area contributed by atoms with Gasteiger partial charge in [-0.15, -0.1) is 0 Å². The van der Waals surface area contributed by atoms with Gasteiger partial charge in [0.25, 0.3) is 0 Å². The second kappa shape index (κ2) is 8.37. The summed E-state index contributed by atoms with van der Waals surface area (Å²) >= 11 is 6.17. The van der Waals surface area contributed by atoms with Crippen LogP contribution < -0.4 is 10.7 Å². The van der Waals surface area contributed by atoms with Crippen molar-refractivity contribution in [1.29, 1.82) is 0 Å². The smallest absolute Gasteiger partial charge is 0.411 e. The summed E-state index contributed by atoms with van der Waals surface area (Å²) in [5.74, 6) is 0.517. The van der Waals surface area contributed by atoms with Crippen molar-refractivity contribution in [2.45, 2.75) is 19.4 Å². The van der Waals surface area contributed by atoms with Gasteiger partial charge in [-0.3, -0.25) is 4.79 Å². The maximum Gasteiger partial charge on any atom is 0.412 e. The minimum atomic E-state index is -0.593. The number of halogens is 1. The number of nitrogens with zero attached hydrogens (tertiary/aromatic N) is 1. The van der Waals surface area contributed by atoms with Crippen LogP contribution in [-0.2, 0) is 11.3 Å². The molecule has 1 aromatic heterocycles. The van der Waals surface area contributed by atoms with Gasteiger partial charge >= 0.3 is 6.09 Å². The van der Waals surface area contributed by atoms with Gasteiger partial charge in [0.1, 0.15) is 5.76 Å². The largest absolute Gasteiger partial charge is 0.412 e. The zero-order valence-electron chi connectivity index (χ0n) is 15.6. The topological polar surface area (TPSA) is 60.3 Å². The number of amides is 1. The summed E-state index contributed by atoms with van der Waals surface area (Å²) < 4.78 is 7.17. The molecule has 1 aliphatic carbocycles. The molecule has 0 unspecified atom stereocenters. The molecule has 0 atom stereocenters. The molecule has 1 heterocycles. The predicted octanol–water partition coefficient (Wildman–Crippen LogP) is 5.10. The molecule has 29 heavy (non-hydrogen) atoms. The van der Waals surface area contributed by atoms with E-state index in [0.29, 0.717) is 27.2 Å². The highest BCUT2D eigenvalue weighted by Crippen LogP contribution is 2.21. The van der Waals surface area contributed by atoms with Crippen molar-refractivity contribution in [3.8, 4) is 5.69 Å². The van der Waals surface area contributed by atoms with Gasteiger partial charge in [-0.05, 0) is 55.3 Å². The van der Waals surface area contributed by atoms with Gasteiger partial charge in [-0.1, -0.05) is 35.9 Å². The summed E-state index contributed by atoms with van der Waals surface area (Å²) in [6.45, 7) is 0.0556. The maximum absolute atomic E-state index is 13.0. The van der Waals surface area contributed by atoms with E-state index in [2.05, 4.69) is 5.32 Å². The van der Waals surface area contributed by atoms with Crippen molar-refractivity contribution < 1.29 is 9.53 Å². The van der Waals surface area contributed by atoms with Crippen molar-refractivity contribution in [2.24, 2.45) is 0 Å². The van der Waals surface area contributed by atoms with Crippen molar-refractivity contribution in [2.75, 3.05) is 0 Å². The quantitative estimate of drug-likeness (QED) is 0.655. The molecule has 5 nitrogen and oxygen atoms in total. The van der Waals surface area contributed by atoms with Gasteiger partial charge in [-0.2, -0.15) is 0 Å². The number of allylic oxidation sites excluding steroid dienone is 3. The number of aromatic nitrogens is 1. The Labute approximate surface area is 172 Å². The number of carbonyl (C=O) groups excluding carboxylic acids is 1. The first-order valence-corrected chi connectivity index (χ1v) is 9.71. The summed E-state index contributed by atoms with van der Waals surface area (Å²) in [6, 6.07) is 14.8. The molecule has 3 aromatic rings. The van der Waals surface area contributed by atoms with Gasteiger partial charge in [0.15, 0.2) is 5.43 Å². The summed E-state index contributed by atoms with van der Waals surface area (Å²) in [7, 11) is 0. The van der Waals surface area contributed by atoms with Crippen LogP contribution in [0.5, 0.6) is 0 Å². The number of fused-ring (bicyclic) bond motifs is 1. The van der Waals surface area contributed by atoms with Crippen molar-refractivity contribution >= 4 is 28.6 Å². The molecule has 0 bridgehead atoms. The number of hydrogen-bond acceptors (Lipinski definition) is 3. The number of alkyl carbamates (subject to hydrolysis) is 1. The van der Waals surface area contributed by atoms with Crippen molar-refractivity contribution in [1.82, 2.24) is 9.88 Å². The van der Waals surface area contributed by atoms with Crippen LogP contribution in [0.25, 0.3) is 16.6 Å². The first-order valence-electron chi connectivity index (χ1n) is 9.33. The van der Waals surface area contributed by atoms with E-state index in [9.17, 15) is 9.59 Å². The minimum Gasteiger partial charge on any atom is -0.411 e. The first kappa shape index (κ1) is 19.0. The highest BCUT2D eigenvalue weighted by Gasteiger charge is 2.13. The van der Waals surface area contributed by atoms with Crippen LogP contribution in [0.1, 0.15) is 18.4 Å². The summed E-state index contributed by atoms with van der Waals surface area (Å²) in [5, 5.41) is 3.74. The number of nitrogens with one attached hydrogen (secondary N) is 1. The van der Waals surface area contributed by atoms with Gasteiger partial charge in [0.05, 0.1) is 12.1 Å². The van der Waals surface area contributed by atoms with E-state index in [1.807, 2.05) is 47.1 Å². The van der Waals surface area contributed by atoms with Crippen molar-refractivity contribution in [3.05, 3.63) is 99.5 Å². The zero-order valence-corrected chi connectivity index (χ0v) is 16.4. The molecule has 1 aliphatic rings. The Kier molecular flexibility index (Phi) is 5.49. The van der Waals surface area contributed by atoms with E-state index >= 15 is 0 Å². The molecule has 0 radical (unpaired) electrons. The van der Waals surface area contributed by atoms with Gasteiger partial charge in [-0.25, -0.2) is 4.79 Å². The Bertz CT molecular complexity index is 1180. The third kappa shape index (κ3) is 4.25. The lowest BCUT2D eigenvalue weighted by Gasteiger charge is -2.15. The molecule has 4 rings (SSSR count). The Balaban J connectivity index is 1.66. The van der Waals surface area contributed by atoms with Gasteiger partial charge in [0, 0.05) is 27.9 Å². The van der Waals surface area contributed by atoms with E-state index in [0.717, 1.165) is 18.5 Å². The van der Waals surface area contributed by atoms with Gasteiger partial charge < -0.3 is 14.6 Å². The Morgan fingerprint density at radius 3 is 2.72 bits per heavy atom. The minimum absolute atomic E-state index is 0.0556. The highest BCUT2D eigenvalue weighted by molar-refractivity contribution is 6.31. The Hall–Kier alpha value is -3.31. The second-order valence-electron chi connectivity index (χ2n) is 6.68. The van der Waals surface area contributed by atoms with E-state index in [1.165, 1.54) is 0 Å². The molecule has 0 saturated heterocycles. The molecule has 0 aliphatic heterocycles. The number of carbonyl (C=O) groups is 1. The summed E-state index contributed by atoms with van der Waals surface area (Å²) in [6.07, 6.45) is 8.51. The first-order chi connectivity index (χ1) is 14.1. The fourth-order valence-electron chi connectivity index (χ4n) is 3.26.